The Morgan fingerprint density at radius 3 is 2.40 bits per heavy atom. The van der Waals surface area contributed by atoms with E-state index in [0.717, 1.165) is 40.9 Å². The number of aryl methyl sites for hydroxylation is 2. The quantitative estimate of drug-likeness (QED) is 0.174. The molecule has 0 N–H and O–H groups in total. The Hall–Kier alpha value is -4.51. The van der Waals surface area contributed by atoms with E-state index in [1.54, 1.807) is 0 Å². The molecule has 1 aliphatic carbocycles. The number of halogens is 3. The van der Waals surface area contributed by atoms with Gasteiger partial charge in [-0.3, -0.25) is 9.36 Å². The van der Waals surface area contributed by atoms with Gasteiger partial charge in [0.15, 0.2) is 10.6 Å². The number of benzene rings is 3. The third-order valence-corrected chi connectivity index (χ3v) is 9.02. The van der Waals surface area contributed by atoms with E-state index in [4.69, 9.17) is 0 Å². The van der Waals surface area contributed by atoms with Crippen molar-refractivity contribution in [3.8, 4) is 28.5 Å². The van der Waals surface area contributed by atoms with Crippen molar-refractivity contribution in [3.05, 3.63) is 106 Å². The lowest BCUT2D eigenvalue weighted by Crippen LogP contribution is -2.20. The maximum absolute atomic E-state index is 13.4. The van der Waals surface area contributed by atoms with Gasteiger partial charge < -0.3 is 4.74 Å². The van der Waals surface area contributed by atoms with Gasteiger partial charge in [0.25, 0.3) is 0 Å². The molecule has 0 spiro atoms. The third kappa shape index (κ3) is 6.63. The van der Waals surface area contributed by atoms with E-state index >= 15 is 0 Å². The first-order valence-corrected chi connectivity index (χ1v) is 15.5. The van der Waals surface area contributed by atoms with Gasteiger partial charge in [-0.1, -0.05) is 50.2 Å². The smallest absolute Gasteiger partial charge is 0.406 e. The zero-order valence-corrected chi connectivity index (χ0v) is 26.1. The SMILES string of the molecule is Cc1ccc(C(C)C)c(-n2c(C)csc2=NC(=O)CC2(c3ccc(-c4ncn(-c5ccc(OC(F)(F)F)cc5)n4)cc3)CC2)c1. The van der Waals surface area contributed by atoms with Crippen LogP contribution in [0.3, 0.4) is 0 Å². The summed E-state index contributed by atoms with van der Waals surface area (Å²) in [6.07, 6.45) is -1.10. The number of ether oxygens (including phenoxy) is 1. The van der Waals surface area contributed by atoms with Gasteiger partial charge in [0.05, 0.1) is 11.4 Å². The minimum atomic E-state index is -4.75. The van der Waals surface area contributed by atoms with Crippen molar-refractivity contribution in [2.24, 2.45) is 4.99 Å². The Bertz CT molecular complexity index is 1910. The first-order chi connectivity index (χ1) is 21.4. The van der Waals surface area contributed by atoms with Crippen LogP contribution in [0.15, 0.2) is 83.4 Å². The molecule has 2 heterocycles. The highest BCUT2D eigenvalue weighted by atomic mass is 32.1. The van der Waals surface area contributed by atoms with Crippen LogP contribution in [-0.4, -0.2) is 31.6 Å². The van der Waals surface area contributed by atoms with E-state index in [1.807, 2.05) is 36.6 Å². The summed E-state index contributed by atoms with van der Waals surface area (Å²) in [5.74, 6) is 0.352. The van der Waals surface area contributed by atoms with Gasteiger partial charge in [-0.2, -0.15) is 4.99 Å². The Labute approximate surface area is 262 Å². The van der Waals surface area contributed by atoms with Crippen LogP contribution in [0.2, 0.25) is 0 Å². The molecule has 0 saturated heterocycles. The predicted octanol–water partition coefficient (Wildman–Crippen LogP) is 7.97. The fourth-order valence-corrected chi connectivity index (χ4v) is 6.43. The van der Waals surface area contributed by atoms with Crippen molar-refractivity contribution in [1.82, 2.24) is 19.3 Å². The number of thiazole rings is 1. The van der Waals surface area contributed by atoms with Gasteiger partial charge in [0.1, 0.15) is 12.1 Å². The van der Waals surface area contributed by atoms with E-state index in [0.29, 0.717) is 28.7 Å². The summed E-state index contributed by atoms with van der Waals surface area (Å²) in [5.41, 5.74) is 6.64. The molecule has 1 amide bonds. The van der Waals surface area contributed by atoms with E-state index < -0.39 is 6.36 Å². The van der Waals surface area contributed by atoms with Crippen molar-refractivity contribution in [2.45, 2.75) is 64.7 Å². The van der Waals surface area contributed by atoms with Crippen LogP contribution in [0.1, 0.15) is 61.4 Å². The second-order valence-corrected chi connectivity index (χ2v) is 12.6. The van der Waals surface area contributed by atoms with Crippen LogP contribution in [-0.2, 0) is 10.2 Å². The molecule has 6 rings (SSSR count). The number of hydrogen-bond acceptors (Lipinski definition) is 5. The number of alkyl halides is 3. The Morgan fingerprint density at radius 1 is 1.04 bits per heavy atom. The minimum absolute atomic E-state index is 0.141. The Kier molecular flexibility index (Phi) is 7.98. The van der Waals surface area contributed by atoms with Gasteiger partial charge in [-0.05, 0) is 79.6 Å². The lowest BCUT2D eigenvalue weighted by atomic mass is 9.91. The topological polar surface area (TPSA) is 74.3 Å². The molecule has 5 aromatic rings. The molecule has 0 radical (unpaired) electrons. The molecule has 1 fully saturated rings. The molecular weight excluding hydrogens is 599 g/mol. The summed E-state index contributed by atoms with van der Waals surface area (Å²) in [7, 11) is 0. The molecule has 2 aromatic heterocycles. The average molecular weight is 632 g/mol. The number of carbonyl (C=O) groups excluding carboxylic acids is 1. The fraction of sp³-hybridized carbons (Fsp3) is 0.294. The molecule has 1 aliphatic rings. The summed E-state index contributed by atoms with van der Waals surface area (Å²) in [6.45, 7) is 8.44. The van der Waals surface area contributed by atoms with Gasteiger partial charge in [0.2, 0.25) is 5.91 Å². The molecule has 0 unspecified atom stereocenters. The van der Waals surface area contributed by atoms with Crippen molar-refractivity contribution < 1.29 is 22.7 Å². The highest BCUT2D eigenvalue weighted by Gasteiger charge is 2.45. The van der Waals surface area contributed by atoms with Crippen LogP contribution < -0.4 is 9.54 Å². The molecular formula is C34H32F3N5O2S. The van der Waals surface area contributed by atoms with Crippen molar-refractivity contribution in [1.29, 1.82) is 0 Å². The van der Waals surface area contributed by atoms with Crippen molar-refractivity contribution >= 4 is 17.2 Å². The Morgan fingerprint density at radius 2 is 1.76 bits per heavy atom. The molecule has 11 heteroatoms. The van der Waals surface area contributed by atoms with Crippen LogP contribution in [0.5, 0.6) is 5.75 Å². The van der Waals surface area contributed by atoms with Crippen LogP contribution in [0, 0.1) is 13.8 Å². The second-order valence-electron chi connectivity index (χ2n) is 11.8. The lowest BCUT2D eigenvalue weighted by molar-refractivity contribution is -0.274. The van der Waals surface area contributed by atoms with E-state index in [1.165, 1.54) is 52.2 Å². The molecule has 0 aliphatic heterocycles. The zero-order valence-electron chi connectivity index (χ0n) is 25.3. The first kappa shape index (κ1) is 30.5. The highest BCUT2D eigenvalue weighted by molar-refractivity contribution is 7.07. The molecule has 7 nitrogen and oxygen atoms in total. The summed E-state index contributed by atoms with van der Waals surface area (Å²) in [5, 5.41) is 6.53. The molecule has 0 bridgehead atoms. The van der Waals surface area contributed by atoms with Crippen molar-refractivity contribution in [2.75, 3.05) is 0 Å². The first-order valence-electron chi connectivity index (χ1n) is 14.7. The molecule has 0 atom stereocenters. The largest absolute Gasteiger partial charge is 0.573 e. The third-order valence-electron chi connectivity index (χ3n) is 8.07. The maximum Gasteiger partial charge on any atom is 0.573 e. The normalized spacial score (nSPS) is 14.6. The van der Waals surface area contributed by atoms with E-state index in [-0.39, 0.29) is 17.1 Å². The lowest BCUT2D eigenvalue weighted by Gasteiger charge is -2.16. The maximum atomic E-state index is 13.4. The van der Waals surface area contributed by atoms with Gasteiger partial charge in [-0.25, -0.2) is 9.67 Å². The second kappa shape index (κ2) is 11.8. The Balaban J connectivity index is 1.18. The molecule has 3 aromatic carbocycles. The fourth-order valence-electron chi connectivity index (χ4n) is 5.55. The van der Waals surface area contributed by atoms with E-state index in [2.05, 4.69) is 63.3 Å². The number of rotatable bonds is 8. The number of amides is 1. The minimum Gasteiger partial charge on any atom is -0.406 e. The summed E-state index contributed by atoms with van der Waals surface area (Å²) >= 11 is 1.48. The van der Waals surface area contributed by atoms with Gasteiger partial charge in [-0.15, -0.1) is 29.6 Å². The van der Waals surface area contributed by atoms with Crippen LogP contribution in [0.25, 0.3) is 22.8 Å². The summed E-state index contributed by atoms with van der Waals surface area (Å²) in [4.78, 5) is 23.0. The summed E-state index contributed by atoms with van der Waals surface area (Å²) < 4.78 is 44.9. The number of carbonyl (C=O) groups is 1. The molecule has 1 saturated carbocycles. The zero-order chi connectivity index (χ0) is 31.9. The standard InChI is InChI=1S/C34H32F3N5O2S/c1-21(2)28-14-5-22(3)17-29(28)42-23(4)19-45-32(42)39-30(43)18-33(15-16-33)25-8-6-24(7-9-25)31-38-20-41(40-31)26-10-12-27(13-11-26)44-34(35,36)37/h5-14,17,19-21H,15-16,18H2,1-4H3. The number of hydrogen-bond donors (Lipinski definition) is 0. The van der Waals surface area contributed by atoms with Gasteiger partial charge in [0, 0.05) is 28.5 Å². The molecule has 232 valence electrons. The average Bonchev–Trinajstić information content (AvgIpc) is 3.42. The number of nitrogens with zero attached hydrogens (tertiary/aromatic N) is 5. The van der Waals surface area contributed by atoms with Crippen molar-refractivity contribution in [3.63, 3.8) is 0 Å². The highest BCUT2D eigenvalue weighted by Crippen LogP contribution is 2.51. The monoisotopic (exact) mass is 631 g/mol. The van der Waals surface area contributed by atoms with E-state index in [9.17, 15) is 18.0 Å². The molecule has 45 heavy (non-hydrogen) atoms. The van der Waals surface area contributed by atoms with Crippen LogP contribution >= 0.6 is 11.3 Å². The van der Waals surface area contributed by atoms with Crippen LogP contribution in [0.4, 0.5) is 13.2 Å². The summed E-state index contributed by atoms with van der Waals surface area (Å²) in [6, 6.07) is 19.7. The van der Waals surface area contributed by atoms with Gasteiger partial charge >= 0.3 is 6.36 Å². The number of aromatic nitrogens is 4. The predicted molar refractivity (Wildman–Crippen MR) is 167 cm³/mol.